The van der Waals surface area contributed by atoms with Gasteiger partial charge in [-0.25, -0.2) is 0 Å². The summed E-state index contributed by atoms with van der Waals surface area (Å²) in [6.45, 7) is 0.673. The largest absolute Gasteiger partial charge is 0.503 e. The summed E-state index contributed by atoms with van der Waals surface area (Å²) < 4.78 is 0. The number of Topliss-reactive ketones (excluding diaryl/α,β-unsaturated/α-hetero) is 1. The molecule has 2 amide bonds. The number of hydrogen-bond acceptors (Lipinski definition) is 6. The molecular weight excluding hydrogens is 306 g/mol. The second-order valence-corrected chi connectivity index (χ2v) is 4.97. The van der Waals surface area contributed by atoms with Gasteiger partial charge in [0.1, 0.15) is 6.54 Å². The standard InChI is InChI=1S/C14H13N3O6/c1-7(18)11-12(8-2-4-9(5-3-8)17(22)23)16(6-10(15)19)14(21)13(11)20/h2-5,12,20H,6H2,1H3,(H2,15,19)/t12-/m1/s1. The van der Waals surface area contributed by atoms with E-state index in [0.29, 0.717) is 5.56 Å². The number of amides is 2. The van der Waals surface area contributed by atoms with Crippen LogP contribution in [0, 0.1) is 10.1 Å². The van der Waals surface area contributed by atoms with Crippen molar-refractivity contribution in [1.29, 1.82) is 0 Å². The van der Waals surface area contributed by atoms with E-state index in [1.165, 1.54) is 31.2 Å². The number of hydrogen-bond donors (Lipinski definition) is 2. The zero-order valence-electron chi connectivity index (χ0n) is 12.1. The molecule has 0 unspecified atom stereocenters. The summed E-state index contributed by atoms with van der Waals surface area (Å²) in [6.07, 6.45) is 0. The van der Waals surface area contributed by atoms with Crippen molar-refractivity contribution >= 4 is 23.3 Å². The maximum absolute atomic E-state index is 12.1. The molecule has 1 atom stereocenters. The highest BCUT2D eigenvalue weighted by Crippen LogP contribution is 2.37. The lowest BCUT2D eigenvalue weighted by Gasteiger charge is -2.25. The van der Waals surface area contributed by atoms with Gasteiger partial charge in [-0.1, -0.05) is 0 Å². The number of ketones is 1. The number of aliphatic hydroxyl groups is 1. The van der Waals surface area contributed by atoms with E-state index in [-0.39, 0.29) is 11.3 Å². The summed E-state index contributed by atoms with van der Waals surface area (Å²) in [5.74, 6) is -3.01. The van der Waals surface area contributed by atoms with Crippen LogP contribution in [0.25, 0.3) is 0 Å². The van der Waals surface area contributed by atoms with Gasteiger partial charge >= 0.3 is 0 Å². The van der Waals surface area contributed by atoms with Crippen LogP contribution in [0.3, 0.4) is 0 Å². The zero-order chi connectivity index (χ0) is 17.3. The Morgan fingerprint density at radius 3 is 2.35 bits per heavy atom. The van der Waals surface area contributed by atoms with Crippen molar-refractivity contribution < 1.29 is 24.4 Å². The number of non-ortho nitro benzene ring substituents is 1. The summed E-state index contributed by atoms with van der Waals surface area (Å²) in [6, 6.07) is 4.09. The Morgan fingerprint density at radius 1 is 1.35 bits per heavy atom. The zero-order valence-corrected chi connectivity index (χ0v) is 12.1. The molecule has 9 nitrogen and oxygen atoms in total. The number of nitro benzene ring substituents is 1. The fourth-order valence-electron chi connectivity index (χ4n) is 2.47. The number of aliphatic hydroxyl groups excluding tert-OH is 1. The molecule has 0 spiro atoms. The monoisotopic (exact) mass is 319 g/mol. The van der Waals surface area contributed by atoms with Gasteiger partial charge < -0.3 is 15.7 Å². The van der Waals surface area contributed by atoms with Crippen LogP contribution in [0.2, 0.25) is 0 Å². The minimum absolute atomic E-state index is 0.169. The molecule has 120 valence electrons. The lowest BCUT2D eigenvalue weighted by molar-refractivity contribution is -0.384. The lowest BCUT2D eigenvalue weighted by Crippen LogP contribution is -2.38. The quantitative estimate of drug-likeness (QED) is 0.592. The predicted molar refractivity (Wildman–Crippen MR) is 77.1 cm³/mol. The molecule has 1 aromatic carbocycles. The first kappa shape index (κ1) is 16.1. The SMILES string of the molecule is CC(=O)C1=C(O)C(=O)N(CC(N)=O)[C@@H]1c1ccc([N+](=O)[O-])cc1. The van der Waals surface area contributed by atoms with E-state index in [0.717, 1.165) is 4.90 Å². The van der Waals surface area contributed by atoms with Crippen molar-refractivity contribution in [2.45, 2.75) is 13.0 Å². The third-order valence-corrected chi connectivity index (χ3v) is 3.43. The van der Waals surface area contributed by atoms with Crippen molar-refractivity contribution in [3.05, 3.63) is 51.3 Å². The van der Waals surface area contributed by atoms with Crippen molar-refractivity contribution in [2.75, 3.05) is 6.54 Å². The van der Waals surface area contributed by atoms with Gasteiger partial charge in [-0.2, -0.15) is 0 Å². The topological polar surface area (TPSA) is 144 Å². The molecule has 23 heavy (non-hydrogen) atoms. The third kappa shape index (κ3) is 2.89. The highest BCUT2D eigenvalue weighted by molar-refractivity contribution is 6.08. The number of benzene rings is 1. The molecule has 0 saturated carbocycles. The molecule has 0 aliphatic carbocycles. The van der Waals surface area contributed by atoms with E-state index in [1.807, 2.05) is 0 Å². The highest BCUT2D eigenvalue weighted by atomic mass is 16.6. The number of nitrogens with zero attached hydrogens (tertiary/aromatic N) is 2. The van der Waals surface area contributed by atoms with Crippen molar-refractivity contribution in [2.24, 2.45) is 5.73 Å². The summed E-state index contributed by atoms with van der Waals surface area (Å²) in [7, 11) is 0. The normalized spacial score (nSPS) is 17.5. The lowest BCUT2D eigenvalue weighted by atomic mass is 9.96. The maximum atomic E-state index is 12.1. The number of rotatable bonds is 5. The summed E-state index contributed by atoms with van der Waals surface area (Å²) in [4.78, 5) is 46.1. The first-order valence-corrected chi connectivity index (χ1v) is 6.51. The van der Waals surface area contributed by atoms with Gasteiger partial charge in [-0.05, 0) is 24.6 Å². The van der Waals surface area contributed by atoms with E-state index in [4.69, 9.17) is 5.73 Å². The van der Waals surface area contributed by atoms with E-state index in [1.54, 1.807) is 0 Å². The predicted octanol–water partition coefficient (Wildman–Crippen LogP) is 0.365. The van der Waals surface area contributed by atoms with Crippen LogP contribution >= 0.6 is 0 Å². The Hall–Kier alpha value is -3.23. The molecule has 1 aliphatic rings. The molecule has 1 aliphatic heterocycles. The second-order valence-electron chi connectivity index (χ2n) is 4.97. The number of primary amides is 1. The molecule has 1 aromatic rings. The van der Waals surface area contributed by atoms with Gasteiger partial charge in [0.25, 0.3) is 11.6 Å². The van der Waals surface area contributed by atoms with Crippen LogP contribution in [0.5, 0.6) is 0 Å². The molecule has 0 aromatic heterocycles. The van der Waals surface area contributed by atoms with Gasteiger partial charge in [-0.3, -0.25) is 24.5 Å². The minimum Gasteiger partial charge on any atom is -0.503 e. The van der Waals surface area contributed by atoms with Crippen LogP contribution in [0.1, 0.15) is 18.5 Å². The smallest absolute Gasteiger partial charge is 0.290 e. The maximum Gasteiger partial charge on any atom is 0.290 e. The molecule has 0 fully saturated rings. The van der Waals surface area contributed by atoms with Crippen LogP contribution in [-0.4, -0.2) is 39.1 Å². The first-order valence-electron chi connectivity index (χ1n) is 6.51. The Morgan fingerprint density at radius 2 is 1.91 bits per heavy atom. The van der Waals surface area contributed by atoms with Crippen LogP contribution in [-0.2, 0) is 14.4 Å². The van der Waals surface area contributed by atoms with E-state index < -0.39 is 40.9 Å². The number of nitro groups is 1. The number of nitrogens with two attached hydrogens (primary N) is 1. The number of carbonyl (C=O) groups excluding carboxylic acids is 3. The van der Waals surface area contributed by atoms with E-state index >= 15 is 0 Å². The Labute approximate surface area is 130 Å². The summed E-state index contributed by atoms with van der Waals surface area (Å²) >= 11 is 0. The van der Waals surface area contributed by atoms with Crippen molar-refractivity contribution in [3.8, 4) is 0 Å². The Kier molecular flexibility index (Phi) is 4.12. The highest BCUT2D eigenvalue weighted by Gasteiger charge is 2.42. The molecule has 9 heteroatoms. The molecule has 2 rings (SSSR count). The van der Waals surface area contributed by atoms with Crippen molar-refractivity contribution in [1.82, 2.24) is 4.90 Å². The summed E-state index contributed by atoms with van der Waals surface area (Å²) in [5.41, 5.74) is 5.10. The third-order valence-electron chi connectivity index (χ3n) is 3.43. The van der Waals surface area contributed by atoms with E-state index in [9.17, 15) is 29.6 Å². The first-order chi connectivity index (χ1) is 10.7. The fourth-order valence-corrected chi connectivity index (χ4v) is 2.47. The molecule has 1 heterocycles. The van der Waals surface area contributed by atoms with Gasteiger partial charge in [0.2, 0.25) is 5.91 Å². The molecular formula is C14H13N3O6. The number of carbonyl (C=O) groups is 3. The Bertz CT molecular complexity index is 737. The van der Waals surface area contributed by atoms with Gasteiger partial charge in [-0.15, -0.1) is 0 Å². The summed E-state index contributed by atoms with van der Waals surface area (Å²) in [5, 5.41) is 20.6. The second kappa shape index (κ2) is 5.87. The van der Waals surface area contributed by atoms with Crippen molar-refractivity contribution in [3.63, 3.8) is 0 Å². The fraction of sp³-hybridized carbons (Fsp3) is 0.214. The molecule has 0 bridgehead atoms. The molecule has 0 saturated heterocycles. The van der Waals surface area contributed by atoms with Crippen LogP contribution in [0.4, 0.5) is 5.69 Å². The van der Waals surface area contributed by atoms with E-state index in [2.05, 4.69) is 0 Å². The van der Waals surface area contributed by atoms with Gasteiger partial charge in [0.05, 0.1) is 16.5 Å². The average Bonchev–Trinajstić information content (AvgIpc) is 2.71. The minimum atomic E-state index is -1.02. The van der Waals surface area contributed by atoms with Gasteiger partial charge in [0, 0.05) is 12.1 Å². The van der Waals surface area contributed by atoms with Crippen LogP contribution in [0.15, 0.2) is 35.6 Å². The Balaban J connectivity index is 2.52. The molecule has 3 N–H and O–H groups in total. The average molecular weight is 319 g/mol. The van der Waals surface area contributed by atoms with Crippen LogP contribution < -0.4 is 5.73 Å². The molecule has 0 radical (unpaired) electrons. The van der Waals surface area contributed by atoms with Gasteiger partial charge in [0.15, 0.2) is 11.5 Å².